The van der Waals surface area contributed by atoms with E-state index in [1.165, 1.54) is 0 Å². The molecular weight excluding hydrogens is 244 g/mol. The Morgan fingerprint density at radius 3 is 2.75 bits per heavy atom. The zero-order valence-corrected chi connectivity index (χ0v) is 6.69. The van der Waals surface area contributed by atoms with Crippen molar-refractivity contribution in [1.29, 1.82) is 0 Å². The predicted molar refractivity (Wildman–Crippen MR) is 25.3 cm³/mol. The van der Waals surface area contributed by atoms with E-state index < -0.39 is 30.2 Å². The summed E-state index contributed by atoms with van der Waals surface area (Å²) in [6.45, 7) is 0. The molecule has 8 heavy (non-hydrogen) atoms. The van der Waals surface area contributed by atoms with Crippen molar-refractivity contribution >= 4 is 12.3 Å². The molecule has 0 aromatic rings. The van der Waals surface area contributed by atoms with Crippen LogP contribution in [0, 0.1) is 4.91 Å². The molecule has 1 atom stereocenters. The van der Waals surface area contributed by atoms with Crippen molar-refractivity contribution in [3.63, 3.8) is 0 Å². The third kappa shape index (κ3) is 4.20. The molecule has 7 heteroatoms. The average molecular weight is 245 g/mol. The van der Waals surface area contributed by atoms with Crippen LogP contribution in [0.1, 0.15) is 0 Å². The van der Waals surface area contributed by atoms with Crippen LogP contribution < -0.4 is 21.5 Å². The van der Waals surface area contributed by atoms with E-state index in [2.05, 4.69) is 8.28 Å². The van der Waals surface area contributed by atoms with Crippen molar-refractivity contribution in [2.24, 2.45) is 8.28 Å². The number of carbonyl (C=O) groups is 1. The van der Waals surface area contributed by atoms with Gasteiger partial charge in [-0.3, -0.25) is 0 Å². The molecule has 5 nitrogen and oxygen atoms in total. The molecule has 0 rings (SSSR count). The van der Waals surface area contributed by atoms with Crippen LogP contribution in [0.25, 0.3) is 5.53 Å². The monoisotopic (exact) mass is 245 g/mol. The van der Waals surface area contributed by atoms with Gasteiger partial charge in [-0.1, -0.05) is 0 Å². The second-order valence-corrected chi connectivity index (χ2v) is 4.39. The molecule has 0 heterocycles. The molecule has 0 aliphatic carbocycles. The van der Waals surface area contributed by atoms with Gasteiger partial charge in [-0.15, -0.1) is 0 Å². The second-order valence-electron chi connectivity index (χ2n) is 0.639. The summed E-state index contributed by atoms with van der Waals surface area (Å²) in [5.41, 5.74) is 7.75. The fraction of sp³-hybridized carbons (Fsp3) is 0. The van der Waals surface area contributed by atoms with Gasteiger partial charge in [-0.05, 0) is 0 Å². The van der Waals surface area contributed by atoms with E-state index in [0.717, 1.165) is 0 Å². The second kappa shape index (κ2) is 5.17. The molecule has 0 fully saturated rings. The third-order valence-electron chi connectivity index (χ3n) is 0.249. The predicted octanol–water partition coefficient (Wildman–Crippen LogP) is -1.51. The SMILES string of the molecule is [N-]=NPC(=O)[I-]N=O. The Bertz CT molecular complexity index is 104. The molecule has 0 bridgehead atoms. The molecule has 0 saturated carbocycles. The van der Waals surface area contributed by atoms with E-state index in [9.17, 15) is 9.70 Å². The number of nitroso groups, excluding NO2 is 1. The molecule has 1 unspecified atom stereocenters. The number of hydrogen-bond donors (Lipinski definition) is 0. The van der Waals surface area contributed by atoms with Crippen LogP contribution in [0.15, 0.2) is 8.28 Å². The first kappa shape index (κ1) is 8.03. The van der Waals surface area contributed by atoms with Gasteiger partial charge in [-0.2, -0.15) is 0 Å². The van der Waals surface area contributed by atoms with Crippen molar-refractivity contribution in [3.05, 3.63) is 10.4 Å². The summed E-state index contributed by atoms with van der Waals surface area (Å²) in [4.78, 5) is 22.1. The molecule has 46 valence electrons. The molecule has 0 aliphatic rings. The van der Waals surface area contributed by atoms with E-state index in [1.807, 2.05) is 0 Å². The summed E-state index contributed by atoms with van der Waals surface area (Å²) in [5.74, 6) is 0. The van der Waals surface area contributed by atoms with Crippen LogP contribution >= 0.6 is 8.73 Å². The normalized spacial score (nSPS) is 10.0. The van der Waals surface area contributed by atoms with Gasteiger partial charge in [0.2, 0.25) is 0 Å². The van der Waals surface area contributed by atoms with Gasteiger partial charge in [0.15, 0.2) is 0 Å². The van der Waals surface area contributed by atoms with Crippen LogP contribution in [0.3, 0.4) is 0 Å². The summed E-state index contributed by atoms with van der Waals surface area (Å²) in [6, 6.07) is 0. The average Bonchev–Trinajstić information content (AvgIpc) is 1.68. The van der Waals surface area contributed by atoms with Crippen molar-refractivity contribution in [2.75, 3.05) is 0 Å². The van der Waals surface area contributed by atoms with Gasteiger partial charge >= 0.3 is 57.2 Å². The van der Waals surface area contributed by atoms with E-state index in [0.29, 0.717) is 0 Å². The minimum atomic E-state index is -1.25. The van der Waals surface area contributed by atoms with Crippen LogP contribution in [0.2, 0.25) is 0 Å². The quantitative estimate of drug-likeness (QED) is 0.198. The Labute approximate surface area is 57.5 Å². The Balaban J connectivity index is 3.32. The van der Waals surface area contributed by atoms with E-state index in [1.54, 1.807) is 0 Å². The number of carbonyl (C=O) groups excluding carboxylic acids is 1. The van der Waals surface area contributed by atoms with Crippen molar-refractivity contribution in [1.82, 2.24) is 0 Å². The van der Waals surface area contributed by atoms with Crippen molar-refractivity contribution < 1.29 is 26.3 Å². The van der Waals surface area contributed by atoms with Crippen LogP contribution in [0.5, 0.6) is 0 Å². The topological polar surface area (TPSA) is 81.2 Å². The molecule has 0 radical (unpaired) electrons. The fourth-order valence-electron chi connectivity index (χ4n) is 0.0895. The Kier molecular flexibility index (Phi) is 5.19. The van der Waals surface area contributed by atoms with Gasteiger partial charge < -0.3 is 0 Å². The van der Waals surface area contributed by atoms with E-state index in [4.69, 9.17) is 5.53 Å². The Morgan fingerprint density at radius 1 is 1.75 bits per heavy atom. The van der Waals surface area contributed by atoms with Crippen LogP contribution in [0.4, 0.5) is 4.79 Å². The third-order valence-corrected chi connectivity index (χ3v) is 2.45. The van der Waals surface area contributed by atoms with Crippen LogP contribution in [-0.4, -0.2) is 3.53 Å². The van der Waals surface area contributed by atoms with Gasteiger partial charge in [0.1, 0.15) is 0 Å². The molecule has 0 aromatic heterocycles. The molecule has 0 spiro atoms. The van der Waals surface area contributed by atoms with Crippen LogP contribution in [-0.2, 0) is 0 Å². The maximum absolute atomic E-state index is 10.2. The Morgan fingerprint density at radius 2 is 2.38 bits per heavy atom. The molecule has 0 saturated heterocycles. The van der Waals surface area contributed by atoms with Gasteiger partial charge in [0.05, 0.1) is 0 Å². The maximum atomic E-state index is 10.2. The summed E-state index contributed by atoms with van der Waals surface area (Å²) in [6.07, 6.45) is 0. The van der Waals surface area contributed by atoms with Crippen molar-refractivity contribution in [2.45, 2.75) is 0 Å². The summed E-state index contributed by atoms with van der Waals surface area (Å²) < 4.78 is 2.05. The first-order chi connectivity index (χ1) is 3.81. The van der Waals surface area contributed by atoms with E-state index in [-0.39, 0.29) is 3.53 Å². The molecular formula is CHIN3O2P-2. The minimum absolute atomic E-state index is 0.346. The van der Waals surface area contributed by atoms with Gasteiger partial charge in [0, 0.05) is 0 Å². The summed E-state index contributed by atoms with van der Waals surface area (Å²) in [5, 5.41) is 0. The molecule has 0 N–H and O–H groups in total. The zero-order valence-electron chi connectivity index (χ0n) is 3.54. The van der Waals surface area contributed by atoms with E-state index >= 15 is 0 Å². The first-order valence-corrected chi connectivity index (χ1v) is 4.41. The molecule has 0 aliphatic heterocycles. The first-order valence-electron chi connectivity index (χ1n) is 1.42. The number of halogens is 1. The summed E-state index contributed by atoms with van der Waals surface area (Å²) in [7, 11) is -0.508. The number of nitrogens with zero attached hydrogens (tertiary/aromatic N) is 3. The summed E-state index contributed by atoms with van der Waals surface area (Å²) >= 11 is -1.25. The molecule has 0 amide bonds. The molecule has 0 aromatic carbocycles. The van der Waals surface area contributed by atoms with Gasteiger partial charge in [0.25, 0.3) is 0 Å². The fourth-order valence-corrected chi connectivity index (χ4v) is 1.26. The zero-order chi connectivity index (χ0) is 6.41. The van der Waals surface area contributed by atoms with Gasteiger partial charge in [-0.25, -0.2) is 0 Å². The number of hydrogen-bond acceptors (Lipinski definition) is 4. The van der Waals surface area contributed by atoms with Crippen molar-refractivity contribution in [3.8, 4) is 0 Å². The number of rotatable bonds is 4. The standard InChI is InChI=1S/CHIN3O2P/c3-5-8-1(6)2-4-7/h8H/q-2. The Hall–Kier alpha value is 0.0300.